The van der Waals surface area contributed by atoms with Gasteiger partial charge >= 0.3 is 0 Å². The minimum Gasteiger partial charge on any atom is -0.491 e. The molecule has 3 nitrogen and oxygen atoms in total. The van der Waals surface area contributed by atoms with Crippen LogP contribution in [0.15, 0.2) is 24.3 Å². The zero-order valence-electron chi connectivity index (χ0n) is 13.5. The summed E-state index contributed by atoms with van der Waals surface area (Å²) in [5.74, 6) is 0.985. The normalized spacial score (nSPS) is 18.0. The molecule has 1 saturated heterocycles. The molecule has 1 aliphatic rings. The molecular weight excluding hydrogens is 284 g/mol. The summed E-state index contributed by atoms with van der Waals surface area (Å²) in [5, 5.41) is 3.47. The van der Waals surface area contributed by atoms with Crippen molar-refractivity contribution in [2.45, 2.75) is 52.3 Å². The summed E-state index contributed by atoms with van der Waals surface area (Å²) in [7, 11) is 0. The number of hydrogen-bond acceptors (Lipinski definition) is 3. The lowest BCUT2D eigenvalue weighted by Gasteiger charge is -2.28. The maximum absolute atomic E-state index is 5.79. The Labute approximate surface area is 135 Å². The number of hydrogen-bond donors (Lipinski definition) is 1. The predicted octanol–water partition coefficient (Wildman–Crippen LogP) is 3.47. The fourth-order valence-corrected chi connectivity index (χ4v) is 2.85. The number of benzene rings is 1. The average molecular weight is 313 g/mol. The molecule has 0 radical (unpaired) electrons. The summed E-state index contributed by atoms with van der Waals surface area (Å²) >= 11 is 0. The van der Waals surface area contributed by atoms with E-state index in [1.807, 2.05) is 6.07 Å². The molecule has 1 atom stereocenters. The van der Waals surface area contributed by atoms with Crippen LogP contribution in [0, 0.1) is 0 Å². The van der Waals surface area contributed by atoms with Gasteiger partial charge in [0.05, 0.1) is 6.10 Å². The van der Waals surface area contributed by atoms with Crippen molar-refractivity contribution in [3.63, 3.8) is 0 Å². The molecule has 1 heterocycles. The molecule has 1 aliphatic heterocycles. The molecule has 0 aromatic heterocycles. The van der Waals surface area contributed by atoms with Crippen LogP contribution in [0.1, 0.15) is 39.2 Å². The van der Waals surface area contributed by atoms with E-state index in [0.717, 1.165) is 25.4 Å². The molecule has 0 saturated carbocycles. The molecule has 4 heteroatoms. The first-order chi connectivity index (χ1) is 9.69. The molecule has 1 N–H and O–H groups in total. The molecule has 0 spiro atoms. The maximum atomic E-state index is 5.79. The number of nitrogens with zero attached hydrogens (tertiary/aromatic N) is 1. The second kappa shape index (κ2) is 9.29. The molecule has 1 aromatic carbocycles. The molecule has 1 aromatic rings. The van der Waals surface area contributed by atoms with Crippen molar-refractivity contribution in [2.75, 3.05) is 19.6 Å². The summed E-state index contributed by atoms with van der Waals surface area (Å²) in [6, 6.07) is 9.22. The molecule has 0 bridgehead atoms. The van der Waals surface area contributed by atoms with Crippen LogP contribution >= 0.6 is 12.4 Å². The first-order valence-corrected chi connectivity index (χ1v) is 7.89. The molecule has 0 aliphatic carbocycles. The van der Waals surface area contributed by atoms with Gasteiger partial charge in [0.25, 0.3) is 0 Å². The summed E-state index contributed by atoms with van der Waals surface area (Å²) in [6.07, 6.45) is 2.71. The third-order valence-electron chi connectivity index (χ3n) is 3.72. The van der Waals surface area contributed by atoms with Gasteiger partial charge < -0.3 is 10.1 Å². The van der Waals surface area contributed by atoms with Gasteiger partial charge in [0, 0.05) is 19.1 Å². The smallest absolute Gasteiger partial charge is 0.120 e. The van der Waals surface area contributed by atoms with Crippen molar-refractivity contribution in [1.82, 2.24) is 10.2 Å². The van der Waals surface area contributed by atoms with Crippen LogP contribution in [-0.2, 0) is 6.54 Å². The topological polar surface area (TPSA) is 24.5 Å². The van der Waals surface area contributed by atoms with Crippen molar-refractivity contribution >= 4 is 12.4 Å². The third kappa shape index (κ3) is 5.85. The Balaban J connectivity index is 0.00000220. The lowest BCUT2D eigenvalue weighted by Crippen LogP contribution is -2.36. The Morgan fingerprint density at radius 1 is 1.38 bits per heavy atom. The number of nitrogens with one attached hydrogen (secondary N) is 1. The molecule has 2 rings (SSSR count). The van der Waals surface area contributed by atoms with Crippen LogP contribution in [0.5, 0.6) is 5.75 Å². The summed E-state index contributed by atoms with van der Waals surface area (Å²) in [6.45, 7) is 10.9. The quantitative estimate of drug-likeness (QED) is 0.834. The van der Waals surface area contributed by atoms with Gasteiger partial charge in [0.2, 0.25) is 0 Å². The Morgan fingerprint density at radius 2 is 2.19 bits per heavy atom. The van der Waals surface area contributed by atoms with Gasteiger partial charge in [0.1, 0.15) is 5.75 Å². The van der Waals surface area contributed by atoms with Gasteiger partial charge in [-0.2, -0.15) is 0 Å². The van der Waals surface area contributed by atoms with Crippen molar-refractivity contribution in [3.05, 3.63) is 29.8 Å². The number of rotatable bonds is 7. The van der Waals surface area contributed by atoms with Crippen LogP contribution in [0.25, 0.3) is 0 Å². The van der Waals surface area contributed by atoms with E-state index in [2.05, 4.69) is 49.2 Å². The highest BCUT2D eigenvalue weighted by Gasteiger charge is 2.21. The number of ether oxygens (including phenoxy) is 1. The molecule has 21 heavy (non-hydrogen) atoms. The SMILES string of the molecule is CCCN(Cc1cccc(OC(C)C)c1)C1CCNC1.Cl. The van der Waals surface area contributed by atoms with E-state index < -0.39 is 0 Å². The van der Waals surface area contributed by atoms with Gasteiger partial charge in [0.15, 0.2) is 0 Å². The largest absolute Gasteiger partial charge is 0.491 e. The van der Waals surface area contributed by atoms with Crippen LogP contribution in [0.4, 0.5) is 0 Å². The summed E-state index contributed by atoms with van der Waals surface area (Å²) < 4.78 is 5.79. The van der Waals surface area contributed by atoms with E-state index in [-0.39, 0.29) is 18.5 Å². The van der Waals surface area contributed by atoms with Gasteiger partial charge in [-0.25, -0.2) is 0 Å². The van der Waals surface area contributed by atoms with Crippen LogP contribution in [0.3, 0.4) is 0 Å². The lowest BCUT2D eigenvalue weighted by molar-refractivity contribution is 0.198. The first-order valence-electron chi connectivity index (χ1n) is 7.89. The first kappa shape index (κ1) is 18.3. The maximum Gasteiger partial charge on any atom is 0.120 e. The zero-order chi connectivity index (χ0) is 14.4. The highest BCUT2D eigenvalue weighted by molar-refractivity contribution is 5.85. The molecule has 1 fully saturated rings. The molecule has 0 amide bonds. The molecular formula is C17H29ClN2O. The van der Waals surface area contributed by atoms with E-state index in [0.29, 0.717) is 6.04 Å². The Kier molecular flexibility index (Phi) is 8.09. The van der Waals surface area contributed by atoms with Crippen LogP contribution in [0.2, 0.25) is 0 Å². The molecule has 120 valence electrons. The van der Waals surface area contributed by atoms with Crippen molar-refractivity contribution in [2.24, 2.45) is 0 Å². The Bertz CT molecular complexity index is 406. The van der Waals surface area contributed by atoms with Gasteiger partial charge in [-0.1, -0.05) is 19.1 Å². The summed E-state index contributed by atoms with van der Waals surface area (Å²) in [4.78, 5) is 2.61. The molecule has 1 unspecified atom stereocenters. The Morgan fingerprint density at radius 3 is 2.81 bits per heavy atom. The van der Waals surface area contributed by atoms with Crippen molar-refractivity contribution in [1.29, 1.82) is 0 Å². The van der Waals surface area contributed by atoms with E-state index in [4.69, 9.17) is 4.74 Å². The second-order valence-corrected chi connectivity index (χ2v) is 5.93. The Hall–Kier alpha value is -0.770. The van der Waals surface area contributed by atoms with E-state index in [1.54, 1.807) is 0 Å². The fraction of sp³-hybridized carbons (Fsp3) is 0.647. The van der Waals surface area contributed by atoms with E-state index >= 15 is 0 Å². The number of halogens is 1. The van der Waals surface area contributed by atoms with Crippen LogP contribution < -0.4 is 10.1 Å². The van der Waals surface area contributed by atoms with Crippen molar-refractivity contribution in [3.8, 4) is 5.75 Å². The van der Waals surface area contributed by atoms with Crippen LogP contribution in [-0.4, -0.2) is 36.7 Å². The minimum absolute atomic E-state index is 0. The van der Waals surface area contributed by atoms with Gasteiger partial charge in [-0.3, -0.25) is 4.90 Å². The highest BCUT2D eigenvalue weighted by atomic mass is 35.5. The predicted molar refractivity (Wildman–Crippen MR) is 91.4 cm³/mol. The standard InChI is InChI=1S/C17H28N2O.ClH/c1-4-10-19(16-8-9-18-12-16)13-15-6-5-7-17(11-15)20-14(2)3;/h5-7,11,14,16,18H,4,8-10,12-13H2,1-3H3;1H. The zero-order valence-corrected chi connectivity index (χ0v) is 14.3. The minimum atomic E-state index is 0. The second-order valence-electron chi connectivity index (χ2n) is 5.93. The fourth-order valence-electron chi connectivity index (χ4n) is 2.85. The van der Waals surface area contributed by atoms with Crippen molar-refractivity contribution < 1.29 is 4.74 Å². The average Bonchev–Trinajstić information content (AvgIpc) is 2.91. The lowest BCUT2D eigenvalue weighted by atomic mass is 10.1. The van der Waals surface area contributed by atoms with E-state index in [1.165, 1.54) is 24.9 Å². The van der Waals surface area contributed by atoms with E-state index in [9.17, 15) is 0 Å². The summed E-state index contributed by atoms with van der Waals surface area (Å²) in [5.41, 5.74) is 1.35. The third-order valence-corrected chi connectivity index (χ3v) is 3.72. The van der Waals surface area contributed by atoms with Gasteiger partial charge in [-0.15, -0.1) is 12.4 Å². The van der Waals surface area contributed by atoms with Gasteiger partial charge in [-0.05, 0) is 57.5 Å². The highest BCUT2D eigenvalue weighted by Crippen LogP contribution is 2.19. The monoisotopic (exact) mass is 312 g/mol.